The van der Waals surface area contributed by atoms with Gasteiger partial charge < -0.3 is 19.9 Å². The van der Waals surface area contributed by atoms with Crippen molar-refractivity contribution < 1.29 is 14.6 Å². The van der Waals surface area contributed by atoms with E-state index in [1.54, 1.807) is 7.11 Å². The molecule has 19 heavy (non-hydrogen) atoms. The Kier molecular flexibility index (Phi) is 8.62. The molecule has 0 bridgehead atoms. The minimum absolute atomic E-state index is 0.340. The van der Waals surface area contributed by atoms with E-state index in [9.17, 15) is 5.11 Å². The molecule has 0 spiro atoms. The molecular weight excluding hydrogens is 242 g/mol. The predicted octanol–water partition coefficient (Wildman–Crippen LogP) is 1.96. The van der Waals surface area contributed by atoms with Crippen LogP contribution in [0.4, 0.5) is 0 Å². The number of hydrogen-bond donors (Lipinski definition) is 2. The van der Waals surface area contributed by atoms with E-state index < -0.39 is 6.10 Å². The van der Waals surface area contributed by atoms with E-state index in [0.717, 1.165) is 25.4 Å². The molecule has 1 rings (SSSR count). The summed E-state index contributed by atoms with van der Waals surface area (Å²) < 4.78 is 10.9. The lowest BCUT2D eigenvalue weighted by atomic mass is 9.85. The van der Waals surface area contributed by atoms with E-state index in [2.05, 4.69) is 19.2 Å². The maximum atomic E-state index is 9.79. The second-order valence-corrected chi connectivity index (χ2v) is 5.97. The van der Waals surface area contributed by atoms with Crippen molar-refractivity contribution >= 4 is 0 Å². The van der Waals surface area contributed by atoms with Gasteiger partial charge in [-0.3, -0.25) is 0 Å². The highest BCUT2D eigenvalue weighted by atomic mass is 16.5. The monoisotopic (exact) mass is 273 g/mol. The summed E-state index contributed by atoms with van der Waals surface area (Å²) in [4.78, 5) is 0. The van der Waals surface area contributed by atoms with Crippen LogP contribution in [-0.2, 0) is 9.47 Å². The van der Waals surface area contributed by atoms with Crippen molar-refractivity contribution in [1.82, 2.24) is 5.32 Å². The van der Waals surface area contributed by atoms with Gasteiger partial charge >= 0.3 is 0 Å². The Morgan fingerprint density at radius 3 is 2.47 bits per heavy atom. The van der Waals surface area contributed by atoms with Crippen molar-refractivity contribution in [3.63, 3.8) is 0 Å². The molecule has 0 aromatic heterocycles. The Balaban J connectivity index is 2.05. The molecule has 1 aliphatic rings. The van der Waals surface area contributed by atoms with Crippen LogP contribution in [0.3, 0.4) is 0 Å². The summed E-state index contributed by atoms with van der Waals surface area (Å²) in [6, 6.07) is 0.408. The van der Waals surface area contributed by atoms with Gasteiger partial charge in [0.25, 0.3) is 0 Å². The fourth-order valence-corrected chi connectivity index (χ4v) is 2.55. The molecule has 0 heterocycles. The first-order valence-electron chi connectivity index (χ1n) is 7.63. The zero-order valence-electron chi connectivity index (χ0n) is 12.7. The average Bonchev–Trinajstić information content (AvgIpc) is 2.41. The Morgan fingerprint density at radius 2 is 1.89 bits per heavy atom. The molecule has 0 amide bonds. The van der Waals surface area contributed by atoms with E-state index in [1.807, 2.05) is 0 Å². The Hall–Kier alpha value is -0.160. The standard InChI is InChI=1S/C15H31NO3/c1-12(2)16-10-14(17)11-19-15-6-4-13(5-7-15)8-9-18-3/h12-17H,4-11H2,1-3H3. The van der Waals surface area contributed by atoms with Gasteiger partial charge in [0, 0.05) is 26.3 Å². The van der Waals surface area contributed by atoms with Crippen LogP contribution in [0.2, 0.25) is 0 Å². The summed E-state index contributed by atoms with van der Waals surface area (Å²) in [5.74, 6) is 0.798. The van der Waals surface area contributed by atoms with Crippen molar-refractivity contribution in [2.75, 3.05) is 26.9 Å². The Morgan fingerprint density at radius 1 is 1.21 bits per heavy atom. The van der Waals surface area contributed by atoms with Crippen LogP contribution >= 0.6 is 0 Å². The van der Waals surface area contributed by atoms with Crippen molar-refractivity contribution in [3.05, 3.63) is 0 Å². The number of nitrogens with one attached hydrogen (secondary N) is 1. The van der Waals surface area contributed by atoms with E-state index in [1.165, 1.54) is 19.3 Å². The first kappa shape index (κ1) is 16.9. The van der Waals surface area contributed by atoms with Gasteiger partial charge in [0.15, 0.2) is 0 Å². The number of rotatable bonds is 9. The first-order valence-corrected chi connectivity index (χ1v) is 7.63. The molecule has 2 N–H and O–H groups in total. The molecule has 0 aromatic carbocycles. The molecule has 0 aromatic rings. The van der Waals surface area contributed by atoms with Gasteiger partial charge in [-0.2, -0.15) is 0 Å². The molecule has 0 saturated heterocycles. The SMILES string of the molecule is COCCC1CCC(OCC(O)CNC(C)C)CC1. The predicted molar refractivity (Wildman–Crippen MR) is 77.3 cm³/mol. The quantitative estimate of drug-likeness (QED) is 0.674. The van der Waals surface area contributed by atoms with Gasteiger partial charge in [0.1, 0.15) is 0 Å². The lowest BCUT2D eigenvalue weighted by molar-refractivity contribution is -0.0306. The van der Waals surface area contributed by atoms with Crippen molar-refractivity contribution in [2.24, 2.45) is 5.92 Å². The molecular formula is C15H31NO3. The van der Waals surface area contributed by atoms with E-state index >= 15 is 0 Å². The fourth-order valence-electron chi connectivity index (χ4n) is 2.55. The van der Waals surface area contributed by atoms with Gasteiger partial charge in [-0.1, -0.05) is 13.8 Å². The lowest BCUT2D eigenvalue weighted by Crippen LogP contribution is -2.36. The minimum atomic E-state index is -0.395. The average molecular weight is 273 g/mol. The topological polar surface area (TPSA) is 50.7 Å². The lowest BCUT2D eigenvalue weighted by Gasteiger charge is -2.29. The highest BCUT2D eigenvalue weighted by Crippen LogP contribution is 2.28. The Bertz CT molecular complexity index is 215. The third kappa shape index (κ3) is 7.88. The molecule has 4 heteroatoms. The summed E-state index contributed by atoms with van der Waals surface area (Å²) in [6.07, 6.45) is 5.82. The largest absolute Gasteiger partial charge is 0.389 e. The first-order chi connectivity index (χ1) is 9.11. The van der Waals surface area contributed by atoms with Crippen molar-refractivity contribution in [1.29, 1.82) is 0 Å². The van der Waals surface area contributed by atoms with E-state index in [-0.39, 0.29) is 0 Å². The van der Waals surface area contributed by atoms with E-state index in [4.69, 9.17) is 9.47 Å². The summed E-state index contributed by atoms with van der Waals surface area (Å²) in [5.41, 5.74) is 0. The third-order valence-corrected chi connectivity index (χ3v) is 3.81. The number of hydrogen-bond acceptors (Lipinski definition) is 4. The molecule has 1 fully saturated rings. The number of aliphatic hydroxyl groups is 1. The fraction of sp³-hybridized carbons (Fsp3) is 1.00. The second kappa shape index (κ2) is 9.70. The maximum Gasteiger partial charge on any atom is 0.0897 e. The maximum absolute atomic E-state index is 9.79. The van der Waals surface area contributed by atoms with Crippen LogP contribution in [0, 0.1) is 5.92 Å². The molecule has 1 atom stereocenters. The Labute approximate surface area is 117 Å². The van der Waals surface area contributed by atoms with Crippen molar-refractivity contribution in [2.45, 2.75) is 64.2 Å². The summed E-state index contributed by atoms with van der Waals surface area (Å²) in [7, 11) is 1.77. The van der Waals surface area contributed by atoms with Gasteiger partial charge in [0.05, 0.1) is 18.8 Å². The summed E-state index contributed by atoms with van der Waals surface area (Å²) in [6.45, 7) is 6.09. The number of ether oxygens (including phenoxy) is 2. The van der Waals surface area contributed by atoms with Crippen LogP contribution in [-0.4, -0.2) is 50.2 Å². The zero-order chi connectivity index (χ0) is 14.1. The van der Waals surface area contributed by atoms with Crippen LogP contribution in [0.5, 0.6) is 0 Å². The molecule has 0 aliphatic heterocycles. The molecule has 0 radical (unpaired) electrons. The minimum Gasteiger partial charge on any atom is -0.389 e. The van der Waals surface area contributed by atoms with Crippen LogP contribution in [0.25, 0.3) is 0 Å². The van der Waals surface area contributed by atoms with Gasteiger partial charge in [-0.25, -0.2) is 0 Å². The number of aliphatic hydroxyl groups excluding tert-OH is 1. The molecule has 4 nitrogen and oxygen atoms in total. The highest BCUT2D eigenvalue weighted by Gasteiger charge is 2.22. The zero-order valence-corrected chi connectivity index (χ0v) is 12.7. The molecule has 1 unspecified atom stereocenters. The summed E-state index contributed by atoms with van der Waals surface area (Å²) >= 11 is 0. The normalized spacial score (nSPS) is 25.7. The number of methoxy groups -OCH3 is 1. The molecule has 1 saturated carbocycles. The van der Waals surface area contributed by atoms with Crippen LogP contribution in [0.15, 0.2) is 0 Å². The molecule has 114 valence electrons. The van der Waals surface area contributed by atoms with Gasteiger partial charge in [0.2, 0.25) is 0 Å². The van der Waals surface area contributed by atoms with Crippen molar-refractivity contribution in [3.8, 4) is 0 Å². The van der Waals surface area contributed by atoms with Crippen LogP contribution < -0.4 is 5.32 Å². The smallest absolute Gasteiger partial charge is 0.0897 e. The molecule has 1 aliphatic carbocycles. The van der Waals surface area contributed by atoms with Crippen LogP contribution in [0.1, 0.15) is 46.0 Å². The highest BCUT2D eigenvalue weighted by molar-refractivity contribution is 4.73. The van der Waals surface area contributed by atoms with Gasteiger partial charge in [-0.15, -0.1) is 0 Å². The van der Waals surface area contributed by atoms with Gasteiger partial charge in [-0.05, 0) is 38.0 Å². The van der Waals surface area contributed by atoms with E-state index in [0.29, 0.717) is 25.3 Å². The second-order valence-electron chi connectivity index (χ2n) is 5.97. The summed E-state index contributed by atoms with van der Waals surface area (Å²) in [5, 5.41) is 13.0. The third-order valence-electron chi connectivity index (χ3n) is 3.81.